The number of carbonyl (C=O) groups is 1. The first-order chi connectivity index (χ1) is 9.54. The fourth-order valence-electron chi connectivity index (χ4n) is 2.16. The molecule has 0 fully saturated rings. The molecule has 20 heavy (non-hydrogen) atoms. The molecular formula is C15H26N2O2S. The Morgan fingerprint density at radius 3 is 2.70 bits per heavy atom. The van der Waals surface area contributed by atoms with Gasteiger partial charge < -0.3 is 10.1 Å². The minimum Gasteiger partial charge on any atom is -0.466 e. The summed E-state index contributed by atoms with van der Waals surface area (Å²) in [5.41, 5.74) is 1.13. The second-order valence-electron chi connectivity index (χ2n) is 4.97. The topological polar surface area (TPSA) is 51.2 Å². The van der Waals surface area contributed by atoms with Gasteiger partial charge in [-0.25, -0.2) is 4.98 Å². The van der Waals surface area contributed by atoms with E-state index in [1.54, 1.807) is 11.3 Å². The lowest BCUT2D eigenvalue weighted by Crippen LogP contribution is -2.19. The molecule has 0 bridgehead atoms. The standard InChI is InChI=1S/C15H26N2O2S/c1-5-19-14(18)9-7-6-8-10-16-11(2)15-12(3)17-13(4)20-15/h11,16H,5-10H2,1-4H3. The van der Waals surface area contributed by atoms with Crippen molar-refractivity contribution < 1.29 is 9.53 Å². The molecule has 1 aromatic rings. The summed E-state index contributed by atoms with van der Waals surface area (Å²) < 4.78 is 4.90. The summed E-state index contributed by atoms with van der Waals surface area (Å²) >= 11 is 1.77. The smallest absolute Gasteiger partial charge is 0.305 e. The van der Waals surface area contributed by atoms with Gasteiger partial charge in [0.15, 0.2) is 0 Å². The van der Waals surface area contributed by atoms with Crippen molar-refractivity contribution in [1.82, 2.24) is 10.3 Å². The maximum absolute atomic E-state index is 11.2. The van der Waals surface area contributed by atoms with Crippen molar-refractivity contribution in [3.05, 3.63) is 15.6 Å². The van der Waals surface area contributed by atoms with Crippen molar-refractivity contribution in [3.63, 3.8) is 0 Å². The maximum atomic E-state index is 11.2. The molecule has 1 unspecified atom stereocenters. The molecular weight excluding hydrogens is 272 g/mol. The zero-order valence-electron chi connectivity index (χ0n) is 13.0. The Labute approximate surface area is 125 Å². The second-order valence-corrected chi connectivity index (χ2v) is 6.21. The number of nitrogens with one attached hydrogen (secondary N) is 1. The minimum absolute atomic E-state index is 0.0791. The summed E-state index contributed by atoms with van der Waals surface area (Å²) in [4.78, 5) is 16.9. The van der Waals surface area contributed by atoms with E-state index in [-0.39, 0.29) is 5.97 Å². The van der Waals surface area contributed by atoms with Gasteiger partial charge in [-0.2, -0.15) is 0 Å². The van der Waals surface area contributed by atoms with Crippen molar-refractivity contribution in [2.45, 2.75) is 59.4 Å². The molecule has 0 radical (unpaired) electrons. The number of ether oxygens (including phenoxy) is 1. The average molecular weight is 298 g/mol. The first-order valence-electron chi connectivity index (χ1n) is 7.37. The van der Waals surface area contributed by atoms with Crippen LogP contribution in [0.4, 0.5) is 0 Å². The van der Waals surface area contributed by atoms with E-state index in [9.17, 15) is 4.79 Å². The molecule has 1 rings (SSSR count). The third kappa shape index (κ3) is 6.01. The number of unbranched alkanes of at least 4 members (excludes halogenated alkanes) is 2. The van der Waals surface area contributed by atoms with E-state index in [0.717, 1.165) is 36.5 Å². The van der Waals surface area contributed by atoms with Crippen LogP contribution >= 0.6 is 11.3 Å². The number of aromatic nitrogens is 1. The Hall–Kier alpha value is -0.940. The predicted octanol–water partition coefficient (Wildman–Crippen LogP) is 3.53. The predicted molar refractivity (Wildman–Crippen MR) is 83.1 cm³/mol. The molecule has 1 aromatic heterocycles. The van der Waals surface area contributed by atoms with E-state index in [1.807, 2.05) is 13.8 Å². The van der Waals surface area contributed by atoms with Crippen LogP contribution in [-0.4, -0.2) is 24.1 Å². The quantitative estimate of drug-likeness (QED) is 0.559. The Morgan fingerprint density at radius 2 is 2.10 bits per heavy atom. The van der Waals surface area contributed by atoms with E-state index in [2.05, 4.69) is 24.1 Å². The van der Waals surface area contributed by atoms with Gasteiger partial charge in [0.25, 0.3) is 0 Å². The molecule has 1 N–H and O–H groups in total. The van der Waals surface area contributed by atoms with Crippen LogP contribution in [0.5, 0.6) is 0 Å². The molecule has 0 saturated carbocycles. The van der Waals surface area contributed by atoms with Gasteiger partial charge in [0.1, 0.15) is 0 Å². The zero-order valence-corrected chi connectivity index (χ0v) is 13.8. The minimum atomic E-state index is -0.0791. The molecule has 0 aliphatic heterocycles. The molecule has 0 spiro atoms. The number of hydrogen-bond acceptors (Lipinski definition) is 5. The lowest BCUT2D eigenvalue weighted by atomic mass is 10.2. The Kier molecular flexibility index (Phi) is 7.77. The van der Waals surface area contributed by atoms with Gasteiger partial charge in [0.05, 0.1) is 17.3 Å². The van der Waals surface area contributed by atoms with Crippen LogP contribution < -0.4 is 5.32 Å². The summed E-state index contributed by atoms with van der Waals surface area (Å²) in [6.45, 7) is 9.58. The molecule has 0 amide bonds. The molecule has 1 heterocycles. The van der Waals surface area contributed by atoms with Crippen molar-refractivity contribution in [2.24, 2.45) is 0 Å². The molecule has 0 aliphatic carbocycles. The number of thiazole rings is 1. The molecule has 5 heteroatoms. The molecule has 114 valence electrons. The number of rotatable bonds is 9. The summed E-state index contributed by atoms with van der Waals surface area (Å²) in [6, 6.07) is 0.353. The Bertz CT molecular complexity index is 418. The molecule has 0 aromatic carbocycles. The zero-order chi connectivity index (χ0) is 15.0. The molecule has 4 nitrogen and oxygen atoms in total. The highest BCUT2D eigenvalue weighted by Gasteiger charge is 2.11. The lowest BCUT2D eigenvalue weighted by molar-refractivity contribution is -0.143. The van der Waals surface area contributed by atoms with Crippen molar-refractivity contribution in [2.75, 3.05) is 13.2 Å². The fourth-order valence-corrected chi connectivity index (χ4v) is 3.12. The second kappa shape index (κ2) is 9.08. The highest BCUT2D eigenvalue weighted by atomic mass is 32.1. The number of carbonyl (C=O) groups excluding carboxylic acids is 1. The van der Waals surface area contributed by atoms with Gasteiger partial charge in [-0.1, -0.05) is 6.42 Å². The lowest BCUT2D eigenvalue weighted by Gasteiger charge is -2.12. The normalized spacial score (nSPS) is 12.4. The maximum Gasteiger partial charge on any atom is 0.305 e. The first kappa shape index (κ1) is 17.1. The van der Waals surface area contributed by atoms with Gasteiger partial charge >= 0.3 is 5.97 Å². The number of nitrogens with zero attached hydrogens (tertiary/aromatic N) is 1. The number of hydrogen-bond donors (Lipinski definition) is 1. The van der Waals surface area contributed by atoms with Crippen molar-refractivity contribution >= 4 is 17.3 Å². The van der Waals surface area contributed by atoms with Gasteiger partial charge in [-0.05, 0) is 47.1 Å². The van der Waals surface area contributed by atoms with E-state index in [4.69, 9.17) is 4.74 Å². The van der Waals surface area contributed by atoms with Crippen LogP contribution in [0, 0.1) is 13.8 Å². The molecule has 1 atom stereocenters. The van der Waals surface area contributed by atoms with E-state index in [1.165, 1.54) is 4.88 Å². The van der Waals surface area contributed by atoms with Crippen LogP contribution in [-0.2, 0) is 9.53 Å². The van der Waals surface area contributed by atoms with Crippen molar-refractivity contribution in [1.29, 1.82) is 0 Å². The Balaban J connectivity index is 2.12. The molecule has 0 saturated heterocycles. The highest BCUT2D eigenvalue weighted by molar-refractivity contribution is 7.11. The van der Waals surface area contributed by atoms with Crippen LogP contribution in [0.25, 0.3) is 0 Å². The summed E-state index contributed by atoms with van der Waals surface area (Å²) in [5, 5.41) is 4.65. The van der Waals surface area contributed by atoms with Gasteiger partial charge in [-0.15, -0.1) is 11.3 Å². The number of aryl methyl sites for hydroxylation is 2. The average Bonchev–Trinajstić information content (AvgIpc) is 2.73. The van der Waals surface area contributed by atoms with E-state index in [0.29, 0.717) is 19.1 Å². The van der Waals surface area contributed by atoms with E-state index >= 15 is 0 Å². The summed E-state index contributed by atoms with van der Waals surface area (Å²) in [6.07, 6.45) is 3.59. The third-order valence-corrected chi connectivity index (χ3v) is 4.40. The summed E-state index contributed by atoms with van der Waals surface area (Å²) in [5.74, 6) is -0.0791. The first-order valence-corrected chi connectivity index (χ1v) is 8.19. The van der Waals surface area contributed by atoms with Gasteiger partial charge in [0, 0.05) is 17.3 Å². The number of esters is 1. The van der Waals surface area contributed by atoms with Crippen LogP contribution in [0.2, 0.25) is 0 Å². The SMILES string of the molecule is CCOC(=O)CCCCCNC(C)c1sc(C)nc1C. The third-order valence-electron chi connectivity index (χ3n) is 3.15. The van der Waals surface area contributed by atoms with Gasteiger partial charge in [0.2, 0.25) is 0 Å². The van der Waals surface area contributed by atoms with Crippen LogP contribution in [0.15, 0.2) is 0 Å². The monoisotopic (exact) mass is 298 g/mol. The summed E-state index contributed by atoms with van der Waals surface area (Å²) in [7, 11) is 0. The van der Waals surface area contributed by atoms with Crippen molar-refractivity contribution in [3.8, 4) is 0 Å². The van der Waals surface area contributed by atoms with E-state index < -0.39 is 0 Å². The molecule has 0 aliphatic rings. The largest absolute Gasteiger partial charge is 0.466 e. The van der Waals surface area contributed by atoms with Gasteiger partial charge in [-0.3, -0.25) is 4.79 Å². The Morgan fingerprint density at radius 1 is 1.35 bits per heavy atom. The van der Waals surface area contributed by atoms with Crippen LogP contribution in [0.3, 0.4) is 0 Å². The highest BCUT2D eigenvalue weighted by Crippen LogP contribution is 2.24. The van der Waals surface area contributed by atoms with Crippen LogP contribution in [0.1, 0.15) is 61.2 Å². The fraction of sp³-hybridized carbons (Fsp3) is 0.733.